The molecule has 0 spiro atoms. The maximum atomic E-state index is 10.7. The first-order chi connectivity index (χ1) is 19.9. The molecule has 0 aromatic heterocycles. The van der Waals surface area contributed by atoms with Gasteiger partial charge in [0.15, 0.2) is 18.3 Å². The number of nitrogens with zero attached hydrogens (tertiary/aromatic N) is 2. The number of alkyl halides is 3. The normalized spacial score (nSPS) is 11.9. The fourth-order valence-corrected chi connectivity index (χ4v) is 9.11. The van der Waals surface area contributed by atoms with Gasteiger partial charge in [-0.15, -0.1) is 0 Å². The minimum absolute atomic E-state index is 0. The molecule has 0 saturated heterocycles. The van der Waals surface area contributed by atoms with Crippen LogP contribution >= 0.6 is 8.22 Å². The van der Waals surface area contributed by atoms with E-state index in [9.17, 15) is 13.2 Å². The maximum Gasteiger partial charge on any atom is 1.00 e. The molecule has 11 heteroatoms. The molecular formula is C33H46AuF3N2O3PS+. The summed E-state index contributed by atoms with van der Waals surface area (Å²) in [6.45, 7) is 27.1. The van der Waals surface area contributed by atoms with Crippen molar-refractivity contribution < 1.29 is 48.5 Å². The number of rotatable bonds is 9. The number of aryl methyl sites for hydroxylation is 6. The Morgan fingerprint density at radius 1 is 0.682 bits per heavy atom. The Kier molecular flexibility index (Phi) is 15.5. The molecule has 0 bridgehead atoms. The monoisotopic (exact) mass is 835 g/mol. The van der Waals surface area contributed by atoms with E-state index >= 15 is 0 Å². The molecule has 3 rings (SSSR count). The van der Waals surface area contributed by atoms with Gasteiger partial charge in [0.2, 0.25) is 0 Å². The van der Waals surface area contributed by atoms with Crippen LogP contribution in [0, 0.1) is 41.5 Å². The Morgan fingerprint density at radius 2 is 0.955 bits per heavy atom. The van der Waals surface area contributed by atoms with Crippen molar-refractivity contribution >= 4 is 23.6 Å². The van der Waals surface area contributed by atoms with E-state index < -0.39 is 23.8 Å². The van der Waals surface area contributed by atoms with Crippen molar-refractivity contribution in [1.82, 2.24) is 9.34 Å². The third-order valence-corrected chi connectivity index (χ3v) is 11.6. The van der Waals surface area contributed by atoms with Crippen LogP contribution in [0.15, 0.2) is 42.5 Å². The molecule has 3 aromatic rings. The quantitative estimate of drug-likeness (QED) is 0.0941. The average Bonchev–Trinajstić information content (AvgIpc) is 2.87. The summed E-state index contributed by atoms with van der Waals surface area (Å²) in [4.78, 5) is 0. The molecular weight excluding hydrogens is 789 g/mol. The molecule has 0 saturated carbocycles. The van der Waals surface area contributed by atoms with E-state index in [-0.39, 0.29) is 22.4 Å². The Bertz CT molecular complexity index is 1390. The molecule has 248 valence electrons. The third kappa shape index (κ3) is 9.49. The van der Waals surface area contributed by atoms with Gasteiger partial charge in [0.05, 0.1) is 0 Å². The second-order valence-corrected chi connectivity index (χ2v) is 14.6. The van der Waals surface area contributed by atoms with Crippen LogP contribution in [0.2, 0.25) is 0 Å². The molecule has 0 aliphatic carbocycles. The van der Waals surface area contributed by atoms with Crippen LogP contribution in [0.4, 0.5) is 13.2 Å². The first kappa shape index (κ1) is 40.5. The van der Waals surface area contributed by atoms with Crippen molar-refractivity contribution in [3.05, 3.63) is 75.8 Å². The SMILES string of the molecule is CCN(CC)[PH+](c1c(-c2c(C)cc(C)cc2C)cccc1-c1c(C)cc(C)cc1C)N(CC)CC.O=S(=O)([O-])C(F)(F)F.[Au+]. The summed E-state index contributed by atoms with van der Waals surface area (Å²) < 4.78 is 64.4. The molecule has 0 amide bonds. The van der Waals surface area contributed by atoms with Crippen LogP contribution in [0.25, 0.3) is 22.3 Å². The molecule has 0 aliphatic heterocycles. The van der Waals surface area contributed by atoms with Crippen LogP contribution in [0.1, 0.15) is 61.1 Å². The minimum atomic E-state index is -6.09. The summed E-state index contributed by atoms with van der Waals surface area (Å²) >= 11 is 0. The summed E-state index contributed by atoms with van der Waals surface area (Å²) in [5.41, 5.74) is 8.19. The van der Waals surface area contributed by atoms with Gasteiger partial charge in [-0.05, 0) is 103 Å². The van der Waals surface area contributed by atoms with Gasteiger partial charge in [0.25, 0.3) is 0 Å². The van der Waals surface area contributed by atoms with E-state index in [1.54, 1.807) is 5.30 Å². The fraction of sp³-hybridized carbons (Fsp3) is 0.455. The Morgan fingerprint density at radius 3 is 1.18 bits per heavy atom. The largest absolute Gasteiger partial charge is 1.00 e. The standard InChI is InChI=1S/C32H45N2P.CHF3O3S.Au/c1-11-33(12-2)35(34(13-3)14-4)32-28(30-24(7)18-22(5)19-25(30)8)16-15-17-29(32)31-26(9)20-23(6)21-27(31)10;2-1(3,4)8(5,6)7;/h15-21H,11-14H2,1-10H3;(H,5,6,7);/q;;+1. The first-order valence-corrected chi connectivity index (χ1v) is 17.4. The summed E-state index contributed by atoms with van der Waals surface area (Å²) in [7, 11) is -7.27. The van der Waals surface area contributed by atoms with E-state index in [0.717, 1.165) is 26.2 Å². The second-order valence-electron chi connectivity index (χ2n) is 10.8. The van der Waals surface area contributed by atoms with E-state index in [1.807, 2.05) is 0 Å². The smallest absolute Gasteiger partial charge is 0.741 e. The maximum absolute atomic E-state index is 10.7. The average molecular weight is 836 g/mol. The molecule has 0 atom stereocenters. The summed E-state index contributed by atoms with van der Waals surface area (Å²) in [6, 6.07) is 16.5. The number of halogens is 3. The molecule has 0 heterocycles. The van der Waals surface area contributed by atoms with E-state index in [1.165, 1.54) is 55.6 Å². The zero-order chi connectivity index (χ0) is 32.9. The summed E-state index contributed by atoms with van der Waals surface area (Å²) in [5.74, 6) is 0. The Hall–Kier alpha value is -1.55. The number of benzene rings is 3. The Balaban J connectivity index is 0.000000947. The van der Waals surface area contributed by atoms with Gasteiger partial charge in [-0.3, -0.25) is 0 Å². The van der Waals surface area contributed by atoms with Gasteiger partial charge >= 0.3 is 27.9 Å². The predicted octanol–water partition coefficient (Wildman–Crippen LogP) is 8.27. The van der Waals surface area contributed by atoms with Crippen LogP contribution in [-0.2, 0) is 32.5 Å². The fourth-order valence-electron chi connectivity index (χ4n) is 5.98. The predicted molar refractivity (Wildman–Crippen MR) is 175 cm³/mol. The van der Waals surface area contributed by atoms with Gasteiger partial charge in [-0.2, -0.15) is 22.5 Å². The van der Waals surface area contributed by atoms with Crippen molar-refractivity contribution in [1.29, 1.82) is 0 Å². The van der Waals surface area contributed by atoms with Crippen molar-refractivity contribution in [2.45, 2.75) is 74.7 Å². The minimum Gasteiger partial charge on any atom is -0.741 e. The van der Waals surface area contributed by atoms with Crippen LogP contribution in [0.5, 0.6) is 0 Å². The van der Waals surface area contributed by atoms with Gasteiger partial charge in [0, 0.05) is 37.3 Å². The van der Waals surface area contributed by atoms with Gasteiger partial charge < -0.3 is 4.55 Å². The molecule has 5 nitrogen and oxygen atoms in total. The van der Waals surface area contributed by atoms with E-state index in [4.69, 9.17) is 13.0 Å². The summed E-state index contributed by atoms with van der Waals surface area (Å²) in [6.07, 6.45) is 0. The number of hydrogen-bond acceptors (Lipinski definition) is 5. The number of hydrogen-bond donors (Lipinski definition) is 0. The second kappa shape index (κ2) is 16.8. The van der Waals surface area contributed by atoms with Crippen LogP contribution in [-0.4, -0.2) is 54.0 Å². The molecule has 0 radical (unpaired) electrons. The topological polar surface area (TPSA) is 63.7 Å². The Labute approximate surface area is 279 Å². The van der Waals surface area contributed by atoms with Crippen LogP contribution in [0.3, 0.4) is 0 Å². The van der Waals surface area contributed by atoms with E-state index in [0.29, 0.717) is 0 Å². The molecule has 0 N–H and O–H groups in total. The molecule has 3 aromatic carbocycles. The van der Waals surface area contributed by atoms with E-state index in [2.05, 4.69) is 121 Å². The molecule has 0 fully saturated rings. The zero-order valence-corrected chi connectivity index (χ0v) is 31.3. The zero-order valence-electron chi connectivity index (χ0n) is 27.3. The molecule has 0 aliphatic rings. The van der Waals surface area contributed by atoms with Gasteiger partial charge in [-0.1, -0.05) is 53.6 Å². The van der Waals surface area contributed by atoms with Crippen molar-refractivity contribution in [2.24, 2.45) is 0 Å². The first-order valence-electron chi connectivity index (χ1n) is 14.6. The summed E-state index contributed by atoms with van der Waals surface area (Å²) in [5, 5.41) is 1.55. The molecule has 44 heavy (non-hydrogen) atoms. The van der Waals surface area contributed by atoms with Crippen molar-refractivity contribution in [3.63, 3.8) is 0 Å². The van der Waals surface area contributed by atoms with Crippen LogP contribution < -0.4 is 5.30 Å². The van der Waals surface area contributed by atoms with Crippen molar-refractivity contribution in [2.75, 3.05) is 26.2 Å². The third-order valence-electron chi connectivity index (χ3n) is 7.59. The van der Waals surface area contributed by atoms with Crippen molar-refractivity contribution in [3.8, 4) is 22.3 Å². The van der Waals surface area contributed by atoms with Gasteiger partial charge in [0.1, 0.15) is 5.30 Å². The van der Waals surface area contributed by atoms with Gasteiger partial charge in [-0.25, -0.2) is 8.42 Å². The molecule has 0 unspecified atom stereocenters.